The summed E-state index contributed by atoms with van der Waals surface area (Å²) in [6.45, 7) is 5.17. The van der Waals surface area contributed by atoms with Gasteiger partial charge < -0.3 is 25.2 Å². The van der Waals surface area contributed by atoms with E-state index in [1.165, 1.54) is 0 Å². The molecular weight excluding hydrogens is 228 g/mol. The number of rotatable bonds is 2. The molecular formula is C10H18N2O5. The average Bonchev–Trinajstić information content (AvgIpc) is 2.07. The molecule has 1 rings (SSSR count). The summed E-state index contributed by atoms with van der Waals surface area (Å²) >= 11 is 0. The molecule has 7 heteroatoms. The van der Waals surface area contributed by atoms with Crippen LogP contribution in [0.4, 0.5) is 9.59 Å². The van der Waals surface area contributed by atoms with E-state index in [2.05, 4.69) is 5.32 Å². The zero-order chi connectivity index (χ0) is 13.3. The van der Waals surface area contributed by atoms with Crippen LogP contribution in [-0.2, 0) is 4.74 Å². The summed E-state index contributed by atoms with van der Waals surface area (Å²) in [6.07, 6.45) is -1.70. The van der Waals surface area contributed by atoms with Gasteiger partial charge in [-0.25, -0.2) is 9.59 Å². The van der Waals surface area contributed by atoms with E-state index in [1.54, 1.807) is 20.8 Å². The number of carboxylic acid groups (broad SMARTS) is 1. The molecule has 0 radical (unpaired) electrons. The van der Waals surface area contributed by atoms with E-state index in [0.29, 0.717) is 0 Å². The van der Waals surface area contributed by atoms with E-state index < -0.39 is 23.4 Å². The first-order valence-electron chi connectivity index (χ1n) is 5.28. The molecule has 0 bridgehead atoms. The summed E-state index contributed by atoms with van der Waals surface area (Å²) in [7, 11) is 0. The second-order valence-corrected chi connectivity index (χ2v) is 5.22. The van der Waals surface area contributed by atoms with Crippen LogP contribution in [0.3, 0.4) is 0 Å². The number of amides is 2. The van der Waals surface area contributed by atoms with Crippen LogP contribution in [0.1, 0.15) is 20.8 Å². The fourth-order valence-corrected chi connectivity index (χ4v) is 1.46. The maximum Gasteiger partial charge on any atom is 0.407 e. The summed E-state index contributed by atoms with van der Waals surface area (Å²) < 4.78 is 4.98. The van der Waals surface area contributed by atoms with E-state index in [9.17, 15) is 14.7 Å². The number of aliphatic hydroxyl groups is 1. The predicted molar refractivity (Wildman–Crippen MR) is 58.8 cm³/mol. The third kappa shape index (κ3) is 4.10. The third-order valence-electron chi connectivity index (χ3n) is 2.20. The molecule has 7 nitrogen and oxygen atoms in total. The topological polar surface area (TPSA) is 99.1 Å². The Bertz CT molecular complexity index is 317. The fraction of sp³-hybridized carbons (Fsp3) is 0.800. The number of hydrogen-bond acceptors (Lipinski definition) is 4. The van der Waals surface area contributed by atoms with Gasteiger partial charge in [0.2, 0.25) is 0 Å². The minimum Gasteiger partial charge on any atom is -0.465 e. The molecule has 0 saturated carbocycles. The molecule has 1 aliphatic heterocycles. The summed E-state index contributed by atoms with van der Waals surface area (Å²) in [4.78, 5) is 22.9. The Labute approximate surface area is 99.4 Å². The maximum atomic E-state index is 11.3. The van der Waals surface area contributed by atoms with Gasteiger partial charge in [-0.2, -0.15) is 0 Å². The highest BCUT2D eigenvalue weighted by molar-refractivity contribution is 5.68. The minimum atomic E-state index is -1.19. The minimum absolute atomic E-state index is 0.00185. The van der Waals surface area contributed by atoms with Crippen molar-refractivity contribution in [2.75, 3.05) is 19.6 Å². The molecule has 0 aliphatic carbocycles. The molecule has 17 heavy (non-hydrogen) atoms. The second-order valence-electron chi connectivity index (χ2n) is 5.22. The van der Waals surface area contributed by atoms with E-state index in [4.69, 9.17) is 9.84 Å². The van der Waals surface area contributed by atoms with E-state index in [1.807, 2.05) is 0 Å². The van der Waals surface area contributed by atoms with Crippen molar-refractivity contribution in [2.24, 2.45) is 0 Å². The number of carbonyl (C=O) groups is 2. The van der Waals surface area contributed by atoms with Gasteiger partial charge in [0.1, 0.15) is 11.2 Å². The van der Waals surface area contributed by atoms with Crippen LogP contribution in [0.25, 0.3) is 0 Å². The Balaban J connectivity index is 2.28. The smallest absolute Gasteiger partial charge is 0.407 e. The van der Waals surface area contributed by atoms with Gasteiger partial charge in [0, 0.05) is 0 Å². The lowest BCUT2D eigenvalue weighted by molar-refractivity contribution is -0.0819. The lowest BCUT2D eigenvalue weighted by Crippen LogP contribution is -2.67. The molecule has 1 fully saturated rings. The summed E-state index contributed by atoms with van der Waals surface area (Å²) in [6, 6.07) is 0. The van der Waals surface area contributed by atoms with Gasteiger partial charge in [-0.3, -0.25) is 0 Å². The monoisotopic (exact) mass is 246 g/mol. The van der Waals surface area contributed by atoms with Crippen molar-refractivity contribution in [1.29, 1.82) is 0 Å². The summed E-state index contributed by atoms with van der Waals surface area (Å²) in [5.41, 5.74) is -1.78. The number of β-amino-alcohol motifs (C(OH)–C–C–N with tert-alkyl or cyclic N) is 1. The lowest BCUT2D eigenvalue weighted by atomic mass is 9.95. The largest absolute Gasteiger partial charge is 0.465 e. The fourth-order valence-electron chi connectivity index (χ4n) is 1.46. The highest BCUT2D eigenvalue weighted by atomic mass is 16.6. The van der Waals surface area contributed by atoms with E-state index in [0.717, 1.165) is 4.90 Å². The highest BCUT2D eigenvalue weighted by Crippen LogP contribution is 2.19. The molecule has 1 aliphatic rings. The van der Waals surface area contributed by atoms with Gasteiger partial charge in [0.15, 0.2) is 0 Å². The first kappa shape index (κ1) is 13.6. The maximum absolute atomic E-state index is 11.3. The number of carbonyl (C=O) groups excluding carboxylic acids is 1. The van der Waals surface area contributed by atoms with Crippen molar-refractivity contribution in [1.82, 2.24) is 10.2 Å². The van der Waals surface area contributed by atoms with Crippen LogP contribution in [0.5, 0.6) is 0 Å². The Kier molecular flexibility index (Phi) is 3.51. The standard InChI is InChI=1S/C10H18N2O5/c1-9(2,3)17-7(13)11-4-10(16)5-12(6-10)8(14)15/h16H,4-6H2,1-3H3,(H,11,13)(H,14,15). The number of alkyl carbamates (subject to hydrolysis) is 1. The van der Waals surface area contributed by atoms with Gasteiger partial charge >= 0.3 is 12.2 Å². The van der Waals surface area contributed by atoms with E-state index in [-0.39, 0.29) is 19.6 Å². The van der Waals surface area contributed by atoms with Gasteiger partial charge in [0.25, 0.3) is 0 Å². The molecule has 3 N–H and O–H groups in total. The number of ether oxygens (including phenoxy) is 1. The molecule has 1 saturated heterocycles. The van der Waals surface area contributed by atoms with Crippen LogP contribution < -0.4 is 5.32 Å². The Morgan fingerprint density at radius 1 is 1.41 bits per heavy atom. The van der Waals surface area contributed by atoms with Crippen molar-refractivity contribution in [3.8, 4) is 0 Å². The number of nitrogens with zero attached hydrogens (tertiary/aromatic N) is 1. The SMILES string of the molecule is CC(C)(C)OC(=O)NCC1(O)CN(C(=O)O)C1. The number of hydrogen-bond donors (Lipinski definition) is 3. The first-order valence-corrected chi connectivity index (χ1v) is 5.28. The Morgan fingerprint density at radius 2 is 1.94 bits per heavy atom. The van der Waals surface area contributed by atoms with Crippen molar-refractivity contribution in [3.05, 3.63) is 0 Å². The van der Waals surface area contributed by atoms with Crippen LogP contribution in [0, 0.1) is 0 Å². The lowest BCUT2D eigenvalue weighted by Gasteiger charge is -2.44. The summed E-state index contributed by atoms with van der Waals surface area (Å²) in [5, 5.41) is 20.8. The van der Waals surface area contributed by atoms with Crippen LogP contribution in [0.15, 0.2) is 0 Å². The van der Waals surface area contributed by atoms with Crippen LogP contribution in [-0.4, -0.2) is 58.1 Å². The summed E-state index contributed by atoms with van der Waals surface area (Å²) in [5.74, 6) is 0. The van der Waals surface area contributed by atoms with Gasteiger partial charge in [-0.1, -0.05) is 0 Å². The van der Waals surface area contributed by atoms with Crippen LogP contribution >= 0.6 is 0 Å². The molecule has 0 atom stereocenters. The van der Waals surface area contributed by atoms with Crippen molar-refractivity contribution < 1.29 is 24.5 Å². The molecule has 2 amide bonds. The van der Waals surface area contributed by atoms with Gasteiger partial charge in [-0.05, 0) is 20.8 Å². The Hall–Kier alpha value is -1.50. The molecule has 0 unspecified atom stereocenters. The first-order chi connectivity index (χ1) is 7.61. The average molecular weight is 246 g/mol. The van der Waals surface area contributed by atoms with E-state index >= 15 is 0 Å². The van der Waals surface area contributed by atoms with Gasteiger partial charge in [0.05, 0.1) is 19.6 Å². The molecule has 0 spiro atoms. The quantitative estimate of drug-likeness (QED) is 0.648. The zero-order valence-corrected chi connectivity index (χ0v) is 10.2. The molecule has 0 aromatic rings. The number of likely N-dealkylation sites (tertiary alicyclic amines) is 1. The molecule has 0 aromatic heterocycles. The van der Waals surface area contributed by atoms with Crippen molar-refractivity contribution in [3.63, 3.8) is 0 Å². The van der Waals surface area contributed by atoms with Crippen LogP contribution in [0.2, 0.25) is 0 Å². The predicted octanol–water partition coefficient (Wildman–Crippen LogP) is 0.236. The second kappa shape index (κ2) is 4.40. The van der Waals surface area contributed by atoms with Crippen molar-refractivity contribution in [2.45, 2.75) is 32.0 Å². The molecule has 1 heterocycles. The number of nitrogens with one attached hydrogen (secondary N) is 1. The highest BCUT2D eigenvalue weighted by Gasteiger charge is 2.44. The molecule has 98 valence electrons. The van der Waals surface area contributed by atoms with Crippen molar-refractivity contribution >= 4 is 12.2 Å². The zero-order valence-electron chi connectivity index (χ0n) is 10.2. The molecule has 0 aromatic carbocycles. The van der Waals surface area contributed by atoms with Gasteiger partial charge in [-0.15, -0.1) is 0 Å². The normalized spacial score (nSPS) is 18.2. The third-order valence-corrected chi connectivity index (χ3v) is 2.20. The Morgan fingerprint density at radius 3 is 2.35 bits per heavy atom.